The van der Waals surface area contributed by atoms with Gasteiger partial charge >= 0.3 is 0 Å². The van der Waals surface area contributed by atoms with Gasteiger partial charge in [0.05, 0.1) is 24.3 Å². The van der Waals surface area contributed by atoms with Crippen LogP contribution in [0.2, 0.25) is 0 Å². The van der Waals surface area contributed by atoms with E-state index in [9.17, 15) is 9.90 Å². The number of aromatic nitrogens is 1. The minimum Gasteiger partial charge on any atom is -0.545 e. The van der Waals surface area contributed by atoms with Crippen LogP contribution in [-0.2, 0) is 12.8 Å². The molecule has 3 aromatic rings. The van der Waals surface area contributed by atoms with Crippen molar-refractivity contribution in [3.05, 3.63) is 59.2 Å². The molecule has 1 aromatic heterocycles. The largest absolute Gasteiger partial charge is 0.545 e. The van der Waals surface area contributed by atoms with Gasteiger partial charge in [-0.05, 0) is 30.5 Å². The van der Waals surface area contributed by atoms with Crippen LogP contribution >= 0.6 is 0 Å². The highest BCUT2D eigenvalue weighted by molar-refractivity contribution is 6.05. The fourth-order valence-corrected chi connectivity index (χ4v) is 3.44. The van der Waals surface area contributed by atoms with Crippen molar-refractivity contribution in [3.63, 3.8) is 0 Å². The second kappa shape index (κ2) is 5.09. The van der Waals surface area contributed by atoms with Gasteiger partial charge in [0, 0.05) is 22.1 Å². The highest BCUT2D eigenvalue weighted by Crippen LogP contribution is 2.39. The van der Waals surface area contributed by atoms with Crippen molar-refractivity contribution in [1.82, 2.24) is 4.98 Å². The number of carbonyl (C=O) groups excluding carboxylic acids is 1. The van der Waals surface area contributed by atoms with E-state index in [1.165, 1.54) is 0 Å². The summed E-state index contributed by atoms with van der Waals surface area (Å²) in [5.41, 5.74) is 4.43. The molecule has 0 N–H and O–H groups in total. The van der Waals surface area contributed by atoms with E-state index in [0.29, 0.717) is 17.3 Å². The minimum atomic E-state index is -1.15. The van der Waals surface area contributed by atoms with Gasteiger partial charge in [-0.15, -0.1) is 0 Å². The molecule has 1 heterocycles. The fraction of sp³-hybridized carbons (Fsp3) is 0.158. The zero-order valence-corrected chi connectivity index (χ0v) is 12.6. The summed E-state index contributed by atoms with van der Waals surface area (Å²) in [5.74, 6) is -0.329. The van der Waals surface area contributed by atoms with Crippen LogP contribution in [0.25, 0.3) is 22.2 Å². The van der Waals surface area contributed by atoms with E-state index in [1.54, 1.807) is 13.2 Å². The number of fused-ring (bicyclic) bond motifs is 4. The Balaban J connectivity index is 2.11. The number of nitrogens with zero attached hydrogens (tertiary/aromatic N) is 1. The molecule has 0 fully saturated rings. The number of ether oxygens (including phenoxy) is 1. The average Bonchev–Trinajstić information content (AvgIpc) is 2.58. The summed E-state index contributed by atoms with van der Waals surface area (Å²) in [6, 6.07) is 13.1. The second-order valence-electron chi connectivity index (χ2n) is 5.60. The van der Waals surface area contributed by atoms with Crippen molar-refractivity contribution in [2.75, 3.05) is 7.11 Å². The third-order valence-electron chi connectivity index (χ3n) is 4.43. The van der Waals surface area contributed by atoms with E-state index in [4.69, 9.17) is 9.72 Å². The molecule has 0 amide bonds. The highest BCUT2D eigenvalue weighted by atomic mass is 16.5. The third kappa shape index (κ3) is 1.99. The van der Waals surface area contributed by atoms with Crippen molar-refractivity contribution in [2.45, 2.75) is 12.8 Å². The van der Waals surface area contributed by atoms with Gasteiger partial charge in [0.1, 0.15) is 5.75 Å². The lowest BCUT2D eigenvalue weighted by Crippen LogP contribution is -2.26. The van der Waals surface area contributed by atoms with E-state index >= 15 is 0 Å². The minimum absolute atomic E-state index is 0.263. The summed E-state index contributed by atoms with van der Waals surface area (Å²) in [6.07, 6.45) is 1.34. The number of benzene rings is 2. The third-order valence-corrected chi connectivity index (χ3v) is 4.43. The lowest BCUT2D eigenvalue weighted by atomic mass is 9.85. The molecule has 0 saturated heterocycles. The molecule has 4 rings (SSSR count). The van der Waals surface area contributed by atoms with Crippen LogP contribution in [0.4, 0.5) is 0 Å². The first-order valence-electron chi connectivity index (χ1n) is 7.50. The number of pyridine rings is 1. The fourth-order valence-electron chi connectivity index (χ4n) is 3.44. The van der Waals surface area contributed by atoms with Crippen LogP contribution in [0.3, 0.4) is 0 Å². The van der Waals surface area contributed by atoms with Crippen molar-refractivity contribution < 1.29 is 14.6 Å². The van der Waals surface area contributed by atoms with Crippen molar-refractivity contribution in [3.8, 4) is 17.0 Å². The quantitative estimate of drug-likeness (QED) is 0.729. The highest BCUT2D eigenvalue weighted by Gasteiger charge is 2.24. The molecular weight excluding hydrogens is 290 g/mol. The van der Waals surface area contributed by atoms with Gasteiger partial charge in [-0.1, -0.05) is 30.3 Å². The topological polar surface area (TPSA) is 62.2 Å². The number of carboxylic acids is 1. The van der Waals surface area contributed by atoms with E-state index < -0.39 is 5.97 Å². The van der Waals surface area contributed by atoms with Gasteiger partial charge in [0.25, 0.3) is 0 Å². The molecule has 0 saturated carbocycles. The zero-order valence-electron chi connectivity index (χ0n) is 12.6. The lowest BCUT2D eigenvalue weighted by molar-refractivity contribution is -0.254. The molecule has 0 bridgehead atoms. The summed E-state index contributed by atoms with van der Waals surface area (Å²) >= 11 is 0. The lowest BCUT2D eigenvalue weighted by Gasteiger charge is -2.24. The summed E-state index contributed by atoms with van der Waals surface area (Å²) in [6.45, 7) is 0. The van der Waals surface area contributed by atoms with E-state index in [2.05, 4.69) is 0 Å². The Morgan fingerprint density at radius 2 is 1.87 bits per heavy atom. The number of hydrogen-bond acceptors (Lipinski definition) is 4. The second-order valence-corrected chi connectivity index (χ2v) is 5.60. The molecule has 4 heteroatoms. The van der Waals surface area contributed by atoms with Crippen molar-refractivity contribution in [2.24, 2.45) is 0 Å². The molecule has 114 valence electrons. The maximum absolute atomic E-state index is 11.8. The van der Waals surface area contributed by atoms with Gasteiger partial charge in [0.2, 0.25) is 0 Å². The Bertz CT molecular complexity index is 947. The molecule has 2 aromatic carbocycles. The van der Waals surface area contributed by atoms with Crippen molar-refractivity contribution in [1.29, 1.82) is 0 Å². The Hall–Kier alpha value is -2.88. The van der Waals surface area contributed by atoms with Gasteiger partial charge in [0.15, 0.2) is 0 Å². The molecule has 1 aliphatic rings. The summed E-state index contributed by atoms with van der Waals surface area (Å²) in [4.78, 5) is 16.5. The van der Waals surface area contributed by atoms with E-state index in [0.717, 1.165) is 34.6 Å². The van der Waals surface area contributed by atoms with Gasteiger partial charge in [-0.3, -0.25) is 0 Å². The molecule has 0 radical (unpaired) electrons. The van der Waals surface area contributed by atoms with E-state index in [1.807, 2.05) is 36.4 Å². The number of hydrogen-bond donors (Lipinski definition) is 0. The predicted octanol–water partition coefficient (Wildman–Crippen LogP) is 2.37. The number of carbonyl (C=O) groups is 1. The number of aromatic carboxylic acids is 1. The first-order chi connectivity index (χ1) is 11.2. The Labute approximate surface area is 133 Å². The normalized spacial score (nSPS) is 12.6. The Morgan fingerprint density at radius 1 is 1.09 bits per heavy atom. The first-order valence-corrected chi connectivity index (χ1v) is 7.50. The molecular formula is C19H14NO3-. The monoisotopic (exact) mass is 304 g/mol. The van der Waals surface area contributed by atoms with Gasteiger partial charge < -0.3 is 14.6 Å². The zero-order chi connectivity index (χ0) is 16.0. The average molecular weight is 304 g/mol. The Kier molecular flexibility index (Phi) is 3.05. The summed E-state index contributed by atoms with van der Waals surface area (Å²) in [7, 11) is 1.64. The molecule has 0 unspecified atom stereocenters. The molecule has 1 aliphatic carbocycles. The molecule has 0 atom stereocenters. The SMILES string of the molecule is COc1cccc2c1CCc1c-2nc2ccccc2c1C(=O)[O-]. The van der Waals surface area contributed by atoms with Crippen LogP contribution in [0, 0.1) is 0 Å². The predicted molar refractivity (Wildman–Crippen MR) is 85.5 cm³/mol. The van der Waals surface area contributed by atoms with Crippen LogP contribution in [0.15, 0.2) is 42.5 Å². The Morgan fingerprint density at radius 3 is 2.65 bits per heavy atom. The smallest absolute Gasteiger partial charge is 0.122 e. The van der Waals surface area contributed by atoms with E-state index in [-0.39, 0.29) is 5.56 Å². The summed E-state index contributed by atoms with van der Waals surface area (Å²) in [5, 5.41) is 12.4. The number of carboxylic acid groups (broad SMARTS) is 1. The molecule has 23 heavy (non-hydrogen) atoms. The van der Waals surface area contributed by atoms with Crippen molar-refractivity contribution >= 4 is 16.9 Å². The van der Waals surface area contributed by atoms with Gasteiger partial charge in [-0.2, -0.15) is 0 Å². The number of methoxy groups -OCH3 is 1. The maximum Gasteiger partial charge on any atom is 0.122 e. The van der Waals surface area contributed by atoms with Crippen LogP contribution < -0.4 is 9.84 Å². The number of para-hydroxylation sites is 1. The molecule has 0 spiro atoms. The first kappa shape index (κ1) is 13.8. The molecule has 4 nitrogen and oxygen atoms in total. The summed E-state index contributed by atoms with van der Waals surface area (Å²) < 4.78 is 5.44. The maximum atomic E-state index is 11.8. The van der Waals surface area contributed by atoms with Crippen LogP contribution in [-0.4, -0.2) is 18.1 Å². The van der Waals surface area contributed by atoms with Crippen LogP contribution in [0.5, 0.6) is 5.75 Å². The van der Waals surface area contributed by atoms with Gasteiger partial charge in [-0.25, -0.2) is 4.98 Å². The van der Waals surface area contributed by atoms with Crippen LogP contribution in [0.1, 0.15) is 21.5 Å². The number of rotatable bonds is 2. The standard InChI is InChI=1S/C19H15NO3/c1-23-16-8-4-6-12-11(16)9-10-14-17(19(21)22)13-5-2-3-7-15(13)20-18(12)14/h2-8H,9-10H2,1H3,(H,21,22)/p-1. The molecule has 0 aliphatic heterocycles.